The highest BCUT2D eigenvalue weighted by Gasteiger charge is 2.20. The van der Waals surface area contributed by atoms with E-state index in [0.717, 1.165) is 5.56 Å². The highest BCUT2D eigenvalue weighted by Crippen LogP contribution is 2.18. The van der Waals surface area contributed by atoms with E-state index >= 15 is 0 Å². The first-order chi connectivity index (χ1) is 6.13. The fourth-order valence-electron chi connectivity index (χ4n) is 1.12. The van der Waals surface area contributed by atoms with Crippen LogP contribution in [0.4, 0.5) is 0 Å². The molecule has 3 nitrogen and oxygen atoms in total. The van der Waals surface area contributed by atoms with E-state index in [4.69, 9.17) is 10.8 Å². The van der Waals surface area contributed by atoms with Crippen molar-refractivity contribution in [2.45, 2.75) is 13.0 Å². The summed E-state index contributed by atoms with van der Waals surface area (Å²) in [5.74, 6) is -1.42. The number of hydrogen-bond acceptors (Lipinski definition) is 2. The van der Waals surface area contributed by atoms with Crippen LogP contribution in [0, 0.1) is 5.92 Å². The van der Waals surface area contributed by atoms with Crippen molar-refractivity contribution in [1.29, 1.82) is 0 Å². The van der Waals surface area contributed by atoms with Crippen LogP contribution in [0.5, 0.6) is 0 Å². The van der Waals surface area contributed by atoms with Gasteiger partial charge in [-0.25, -0.2) is 0 Å². The molecule has 0 aliphatic rings. The van der Waals surface area contributed by atoms with Crippen LogP contribution in [0.15, 0.2) is 30.3 Å². The highest BCUT2D eigenvalue weighted by molar-refractivity contribution is 5.70. The Balaban J connectivity index is 2.79. The molecule has 2 atom stereocenters. The largest absolute Gasteiger partial charge is 0.481 e. The average molecular weight is 179 g/mol. The number of carboxylic acid groups (broad SMARTS) is 1. The Hall–Kier alpha value is -1.35. The molecule has 0 fully saturated rings. The first-order valence-corrected chi connectivity index (χ1v) is 4.16. The first-order valence-electron chi connectivity index (χ1n) is 4.16. The second-order valence-corrected chi connectivity index (χ2v) is 3.06. The molecule has 3 heteroatoms. The molecule has 0 heterocycles. The zero-order chi connectivity index (χ0) is 9.84. The van der Waals surface area contributed by atoms with Crippen LogP contribution >= 0.6 is 0 Å². The summed E-state index contributed by atoms with van der Waals surface area (Å²) in [4.78, 5) is 10.6. The maximum atomic E-state index is 10.6. The molecular formula is C10H13NO2. The Labute approximate surface area is 77.2 Å². The predicted molar refractivity (Wildman–Crippen MR) is 50.2 cm³/mol. The molecular weight excluding hydrogens is 166 g/mol. The molecule has 0 radical (unpaired) electrons. The van der Waals surface area contributed by atoms with Crippen LogP contribution in [0.25, 0.3) is 0 Å². The monoisotopic (exact) mass is 179 g/mol. The number of benzene rings is 1. The third-order valence-corrected chi connectivity index (χ3v) is 2.11. The number of nitrogens with two attached hydrogens (primary N) is 1. The lowest BCUT2D eigenvalue weighted by Crippen LogP contribution is -2.25. The van der Waals surface area contributed by atoms with Crippen molar-refractivity contribution < 1.29 is 9.90 Å². The maximum Gasteiger partial charge on any atom is 0.308 e. The minimum Gasteiger partial charge on any atom is -0.481 e. The third kappa shape index (κ3) is 2.29. The summed E-state index contributed by atoms with van der Waals surface area (Å²) < 4.78 is 0. The molecule has 0 amide bonds. The second kappa shape index (κ2) is 4.05. The van der Waals surface area contributed by atoms with E-state index in [1.165, 1.54) is 0 Å². The molecule has 1 aromatic carbocycles. The SMILES string of the molecule is C[C@H](C(=O)O)[C@@H](N)c1ccccc1. The normalized spacial score (nSPS) is 14.9. The van der Waals surface area contributed by atoms with Crippen LogP contribution in [0.2, 0.25) is 0 Å². The molecule has 0 saturated heterocycles. The molecule has 1 aromatic rings. The number of hydrogen-bond donors (Lipinski definition) is 2. The van der Waals surface area contributed by atoms with Gasteiger partial charge in [0.2, 0.25) is 0 Å². The maximum absolute atomic E-state index is 10.6. The van der Waals surface area contributed by atoms with Crippen molar-refractivity contribution in [3.8, 4) is 0 Å². The lowest BCUT2D eigenvalue weighted by Gasteiger charge is -2.15. The number of rotatable bonds is 3. The molecule has 70 valence electrons. The second-order valence-electron chi connectivity index (χ2n) is 3.06. The van der Waals surface area contributed by atoms with Gasteiger partial charge in [-0.3, -0.25) is 4.79 Å². The zero-order valence-electron chi connectivity index (χ0n) is 7.47. The van der Waals surface area contributed by atoms with E-state index in [2.05, 4.69) is 0 Å². The van der Waals surface area contributed by atoms with Crippen LogP contribution in [-0.2, 0) is 4.79 Å². The van der Waals surface area contributed by atoms with E-state index in [-0.39, 0.29) is 0 Å². The van der Waals surface area contributed by atoms with Crippen molar-refractivity contribution in [2.75, 3.05) is 0 Å². The molecule has 0 aliphatic heterocycles. The zero-order valence-corrected chi connectivity index (χ0v) is 7.47. The van der Waals surface area contributed by atoms with Crippen molar-refractivity contribution in [1.82, 2.24) is 0 Å². The van der Waals surface area contributed by atoms with Gasteiger partial charge >= 0.3 is 5.97 Å². The van der Waals surface area contributed by atoms with E-state index in [0.29, 0.717) is 0 Å². The van der Waals surface area contributed by atoms with Crippen LogP contribution in [-0.4, -0.2) is 11.1 Å². The summed E-state index contributed by atoms with van der Waals surface area (Å²) in [5.41, 5.74) is 6.62. The molecule has 0 aliphatic carbocycles. The number of carbonyl (C=O) groups is 1. The summed E-state index contributed by atoms with van der Waals surface area (Å²) >= 11 is 0. The molecule has 0 bridgehead atoms. The number of carboxylic acids is 1. The molecule has 0 aromatic heterocycles. The summed E-state index contributed by atoms with van der Waals surface area (Å²) in [7, 11) is 0. The molecule has 0 saturated carbocycles. The Morgan fingerprint density at radius 2 is 1.92 bits per heavy atom. The Morgan fingerprint density at radius 1 is 1.38 bits per heavy atom. The molecule has 0 spiro atoms. The van der Waals surface area contributed by atoms with E-state index in [1.807, 2.05) is 30.3 Å². The average Bonchev–Trinajstić information content (AvgIpc) is 2.17. The fraction of sp³-hybridized carbons (Fsp3) is 0.300. The Kier molecular flexibility index (Phi) is 3.03. The lowest BCUT2D eigenvalue weighted by atomic mass is 9.96. The quantitative estimate of drug-likeness (QED) is 0.737. The summed E-state index contributed by atoms with van der Waals surface area (Å²) in [6.45, 7) is 1.61. The van der Waals surface area contributed by atoms with Crippen LogP contribution in [0.1, 0.15) is 18.5 Å². The van der Waals surface area contributed by atoms with Gasteiger partial charge < -0.3 is 10.8 Å². The summed E-state index contributed by atoms with van der Waals surface area (Å²) in [6, 6.07) is 8.82. The van der Waals surface area contributed by atoms with Gasteiger partial charge in [-0.15, -0.1) is 0 Å². The van der Waals surface area contributed by atoms with Gasteiger partial charge in [-0.1, -0.05) is 37.3 Å². The van der Waals surface area contributed by atoms with E-state index in [9.17, 15) is 4.79 Å². The van der Waals surface area contributed by atoms with Crippen LogP contribution < -0.4 is 5.73 Å². The van der Waals surface area contributed by atoms with Crippen molar-refractivity contribution in [3.05, 3.63) is 35.9 Å². The molecule has 13 heavy (non-hydrogen) atoms. The Morgan fingerprint density at radius 3 is 2.38 bits per heavy atom. The fourth-order valence-corrected chi connectivity index (χ4v) is 1.12. The molecule has 3 N–H and O–H groups in total. The van der Waals surface area contributed by atoms with Crippen LogP contribution in [0.3, 0.4) is 0 Å². The summed E-state index contributed by atoms with van der Waals surface area (Å²) in [5, 5.41) is 8.73. The Bertz CT molecular complexity index is 284. The third-order valence-electron chi connectivity index (χ3n) is 2.11. The van der Waals surface area contributed by atoms with E-state index in [1.54, 1.807) is 6.92 Å². The highest BCUT2D eigenvalue weighted by atomic mass is 16.4. The van der Waals surface area contributed by atoms with Gasteiger partial charge in [-0.2, -0.15) is 0 Å². The molecule has 0 unspecified atom stereocenters. The first kappa shape index (κ1) is 9.74. The standard InChI is InChI=1S/C10H13NO2/c1-7(10(12)13)9(11)8-5-3-2-4-6-8/h2-7,9H,11H2,1H3,(H,12,13)/t7-,9+/m0/s1. The molecule has 1 rings (SSSR count). The van der Waals surface area contributed by atoms with Gasteiger partial charge in [0, 0.05) is 6.04 Å². The minimum atomic E-state index is -0.864. The van der Waals surface area contributed by atoms with Gasteiger partial charge in [0.25, 0.3) is 0 Å². The predicted octanol–water partition coefficient (Wildman–Crippen LogP) is 1.41. The van der Waals surface area contributed by atoms with Gasteiger partial charge in [0.15, 0.2) is 0 Å². The van der Waals surface area contributed by atoms with Gasteiger partial charge in [0.1, 0.15) is 0 Å². The van der Waals surface area contributed by atoms with Crippen molar-refractivity contribution in [3.63, 3.8) is 0 Å². The van der Waals surface area contributed by atoms with Crippen molar-refractivity contribution >= 4 is 5.97 Å². The number of aliphatic carboxylic acids is 1. The van der Waals surface area contributed by atoms with Crippen molar-refractivity contribution in [2.24, 2.45) is 11.7 Å². The topological polar surface area (TPSA) is 63.3 Å². The summed E-state index contributed by atoms with van der Waals surface area (Å²) in [6.07, 6.45) is 0. The van der Waals surface area contributed by atoms with Gasteiger partial charge in [-0.05, 0) is 5.56 Å². The smallest absolute Gasteiger partial charge is 0.308 e. The van der Waals surface area contributed by atoms with Gasteiger partial charge in [0.05, 0.1) is 5.92 Å². The lowest BCUT2D eigenvalue weighted by molar-refractivity contribution is -0.141. The van der Waals surface area contributed by atoms with E-state index < -0.39 is 17.9 Å². The minimum absolute atomic E-state index is 0.432.